The Kier molecular flexibility index (Phi) is 22.2. The van der Waals surface area contributed by atoms with Crippen LogP contribution >= 0.6 is 0 Å². The summed E-state index contributed by atoms with van der Waals surface area (Å²) < 4.78 is 0. The minimum Gasteiger partial charge on any atom is -0.512 e. The van der Waals surface area contributed by atoms with E-state index in [9.17, 15) is 14.4 Å². The zero-order valence-corrected chi connectivity index (χ0v) is 15.0. The maximum absolute atomic E-state index is 10.0. The van der Waals surface area contributed by atoms with Crippen LogP contribution in [0.2, 0.25) is 0 Å². The number of rotatable bonds is 3. The fourth-order valence-electron chi connectivity index (χ4n) is 0.882. The van der Waals surface area contributed by atoms with Crippen molar-refractivity contribution in [3.63, 3.8) is 0 Å². The minimum atomic E-state index is -0.125. The van der Waals surface area contributed by atoms with Gasteiger partial charge in [-0.1, -0.05) is 0 Å². The Balaban J connectivity index is -0.000000108. The third kappa shape index (κ3) is 51.8. The molecule has 0 heterocycles. The Hall–Kier alpha value is -1.84. The molecule has 0 aromatic carbocycles. The van der Waals surface area contributed by atoms with E-state index in [1.165, 1.54) is 59.8 Å². The van der Waals surface area contributed by atoms with Gasteiger partial charge < -0.3 is 15.3 Å². The SMILES string of the molecule is CC(=O)C=C(C)O.CC(=O)C=C(C)O.CC(=O)C=C(C)O.[Cr]. The monoisotopic (exact) mass is 352 g/mol. The molecule has 0 radical (unpaired) electrons. The van der Waals surface area contributed by atoms with Gasteiger partial charge in [0.25, 0.3) is 0 Å². The van der Waals surface area contributed by atoms with Gasteiger partial charge in [0.05, 0.1) is 17.3 Å². The molecule has 0 saturated carbocycles. The topological polar surface area (TPSA) is 112 Å². The zero-order valence-electron chi connectivity index (χ0n) is 13.7. The van der Waals surface area contributed by atoms with Gasteiger partial charge in [-0.25, -0.2) is 0 Å². The van der Waals surface area contributed by atoms with Gasteiger partial charge in [0.15, 0.2) is 17.3 Å². The molecule has 0 aliphatic rings. The zero-order chi connectivity index (χ0) is 17.6. The first-order chi connectivity index (χ1) is 9.38. The van der Waals surface area contributed by atoms with Crippen LogP contribution < -0.4 is 0 Å². The molecule has 0 aliphatic carbocycles. The van der Waals surface area contributed by atoms with Crippen molar-refractivity contribution >= 4 is 17.3 Å². The second-order valence-corrected chi connectivity index (χ2v) is 4.19. The number of carbonyl (C=O) groups excluding carboxylic acids is 3. The number of ketones is 3. The number of hydrogen-bond acceptors (Lipinski definition) is 6. The van der Waals surface area contributed by atoms with Crippen LogP contribution in [0.5, 0.6) is 0 Å². The summed E-state index contributed by atoms with van der Waals surface area (Å²) in [5.41, 5.74) is 0. The van der Waals surface area contributed by atoms with E-state index in [2.05, 4.69) is 0 Å². The van der Waals surface area contributed by atoms with Crippen molar-refractivity contribution in [3.05, 3.63) is 35.5 Å². The van der Waals surface area contributed by atoms with Gasteiger partial charge in [0.1, 0.15) is 0 Å². The van der Waals surface area contributed by atoms with E-state index < -0.39 is 0 Å². The molecule has 0 fully saturated rings. The fourth-order valence-corrected chi connectivity index (χ4v) is 0.882. The molecule has 126 valence electrons. The molecule has 0 bridgehead atoms. The second kappa shape index (κ2) is 17.2. The molecule has 0 rings (SSSR count). The molecule has 0 aromatic rings. The molecular weight excluding hydrogens is 328 g/mol. The quantitative estimate of drug-likeness (QED) is 0.531. The Morgan fingerprint density at radius 3 is 0.682 bits per heavy atom. The van der Waals surface area contributed by atoms with E-state index in [1.54, 1.807) is 0 Å². The summed E-state index contributed by atoms with van der Waals surface area (Å²) in [6.07, 6.45) is 3.50. The van der Waals surface area contributed by atoms with E-state index >= 15 is 0 Å². The van der Waals surface area contributed by atoms with Crippen molar-refractivity contribution in [2.24, 2.45) is 0 Å². The summed E-state index contributed by atoms with van der Waals surface area (Å²) in [7, 11) is 0. The summed E-state index contributed by atoms with van der Waals surface area (Å²) in [6, 6.07) is 0. The van der Waals surface area contributed by atoms with Gasteiger partial charge in [-0.05, 0) is 41.5 Å². The molecule has 7 heteroatoms. The van der Waals surface area contributed by atoms with E-state index in [0.717, 1.165) is 0 Å². The number of aliphatic hydroxyl groups excluding tert-OH is 3. The molecule has 22 heavy (non-hydrogen) atoms. The number of carbonyl (C=O) groups is 3. The number of hydrogen-bond donors (Lipinski definition) is 3. The second-order valence-electron chi connectivity index (χ2n) is 4.19. The summed E-state index contributed by atoms with van der Waals surface area (Å²) in [5, 5.41) is 25.1. The fraction of sp³-hybridized carbons (Fsp3) is 0.400. The largest absolute Gasteiger partial charge is 0.512 e. The van der Waals surface area contributed by atoms with Crippen LogP contribution in [0.25, 0.3) is 0 Å². The minimum absolute atomic E-state index is 0. The van der Waals surface area contributed by atoms with Crippen LogP contribution in [0.1, 0.15) is 41.5 Å². The normalized spacial score (nSPS) is 10.9. The maximum Gasteiger partial charge on any atom is 0.155 e. The van der Waals surface area contributed by atoms with Crippen molar-refractivity contribution in [2.75, 3.05) is 0 Å². The summed E-state index contributed by atoms with van der Waals surface area (Å²) in [6.45, 7) is 8.54. The molecule has 0 atom stereocenters. The van der Waals surface area contributed by atoms with Crippen LogP contribution in [0, 0.1) is 0 Å². The molecular formula is C15H24CrO6. The van der Waals surface area contributed by atoms with Crippen LogP contribution in [-0.2, 0) is 31.7 Å². The molecule has 0 saturated heterocycles. The number of allylic oxidation sites excluding steroid dienone is 6. The van der Waals surface area contributed by atoms with Crippen LogP contribution in [-0.4, -0.2) is 32.7 Å². The van der Waals surface area contributed by atoms with Crippen molar-refractivity contribution < 1.29 is 47.1 Å². The average molecular weight is 352 g/mol. The Morgan fingerprint density at radius 1 is 0.545 bits per heavy atom. The molecule has 3 N–H and O–H groups in total. The van der Waals surface area contributed by atoms with E-state index in [4.69, 9.17) is 15.3 Å². The molecule has 0 spiro atoms. The van der Waals surface area contributed by atoms with Crippen molar-refractivity contribution in [2.45, 2.75) is 41.5 Å². The van der Waals surface area contributed by atoms with Crippen LogP contribution in [0.3, 0.4) is 0 Å². The van der Waals surface area contributed by atoms with E-state index in [-0.39, 0.29) is 52.0 Å². The Morgan fingerprint density at radius 2 is 0.682 bits per heavy atom. The molecule has 0 aliphatic heterocycles. The summed E-state index contributed by atoms with van der Waals surface area (Å²) in [4.78, 5) is 30.1. The summed E-state index contributed by atoms with van der Waals surface area (Å²) >= 11 is 0. The van der Waals surface area contributed by atoms with Gasteiger partial charge in [0.2, 0.25) is 0 Å². The first-order valence-corrected chi connectivity index (χ1v) is 6.02. The predicted molar refractivity (Wildman–Crippen MR) is 81.2 cm³/mol. The van der Waals surface area contributed by atoms with Gasteiger partial charge in [-0.15, -0.1) is 0 Å². The van der Waals surface area contributed by atoms with Gasteiger partial charge in [0, 0.05) is 35.6 Å². The molecule has 6 nitrogen and oxygen atoms in total. The number of aliphatic hydroxyl groups is 3. The van der Waals surface area contributed by atoms with Crippen LogP contribution in [0.15, 0.2) is 35.5 Å². The first kappa shape index (κ1) is 28.3. The Bertz CT molecular complexity index is 368. The van der Waals surface area contributed by atoms with Gasteiger partial charge in [-0.3, -0.25) is 14.4 Å². The van der Waals surface area contributed by atoms with Crippen LogP contribution in [0.4, 0.5) is 0 Å². The molecule has 0 amide bonds. The average Bonchev–Trinajstić information content (AvgIpc) is 2.10. The summed E-state index contributed by atoms with van der Waals surface area (Å²) in [5.74, 6) is -0.187. The van der Waals surface area contributed by atoms with E-state index in [0.29, 0.717) is 0 Å². The third-order valence-corrected chi connectivity index (χ3v) is 1.24. The van der Waals surface area contributed by atoms with Crippen molar-refractivity contribution in [1.29, 1.82) is 0 Å². The van der Waals surface area contributed by atoms with Crippen molar-refractivity contribution in [1.82, 2.24) is 0 Å². The Labute approximate surface area is 142 Å². The van der Waals surface area contributed by atoms with Gasteiger partial charge in [-0.2, -0.15) is 0 Å². The smallest absolute Gasteiger partial charge is 0.155 e. The molecule has 0 unspecified atom stereocenters. The molecule has 0 aromatic heterocycles. The maximum atomic E-state index is 10.0. The third-order valence-electron chi connectivity index (χ3n) is 1.24. The van der Waals surface area contributed by atoms with Gasteiger partial charge >= 0.3 is 0 Å². The predicted octanol–water partition coefficient (Wildman–Crippen LogP) is 3.11. The van der Waals surface area contributed by atoms with Crippen molar-refractivity contribution in [3.8, 4) is 0 Å². The standard InChI is InChI=1S/3C5H8O2.Cr/c3*1-4(6)3-5(2)7;/h3*3,6H,1-2H3;. The van der Waals surface area contributed by atoms with E-state index in [1.807, 2.05) is 0 Å². The first-order valence-electron chi connectivity index (χ1n) is 6.02.